The third kappa shape index (κ3) is 3.72. The van der Waals surface area contributed by atoms with Crippen LogP contribution in [0.5, 0.6) is 0 Å². The molecule has 3 nitrogen and oxygen atoms in total. The highest BCUT2D eigenvalue weighted by Crippen LogP contribution is 2.27. The van der Waals surface area contributed by atoms with Crippen molar-refractivity contribution in [2.45, 2.75) is 39.3 Å². The minimum Gasteiger partial charge on any atom is -0.494 e. The summed E-state index contributed by atoms with van der Waals surface area (Å²) in [5, 5.41) is 20.7. The summed E-state index contributed by atoms with van der Waals surface area (Å²) >= 11 is 0. The smallest absolute Gasteiger partial charge is 0.203 e. The van der Waals surface area contributed by atoms with Gasteiger partial charge in [0.2, 0.25) is 5.88 Å². The molecule has 2 N–H and O–H groups in total. The highest BCUT2D eigenvalue weighted by Gasteiger charge is 2.29. The molecule has 0 unspecified atom stereocenters. The molecular weight excluding hydrogens is 274 g/mol. The van der Waals surface area contributed by atoms with Crippen molar-refractivity contribution in [1.82, 2.24) is 4.90 Å². The zero-order chi connectivity index (χ0) is 16.3. The van der Waals surface area contributed by atoms with Crippen LogP contribution in [0.1, 0.15) is 33.3 Å². The van der Waals surface area contributed by atoms with Gasteiger partial charge < -0.3 is 15.1 Å². The summed E-state index contributed by atoms with van der Waals surface area (Å²) < 4.78 is 0. The molecule has 2 rings (SSSR count). The summed E-state index contributed by atoms with van der Waals surface area (Å²) in [6.07, 6.45) is 1.79. The standard InChI is InChI=1S/C19H22NO2/c1-14(2)20-13-17(19(3,4)22)12-16(18(20)21)11-10-15-8-6-5-7-9-15/h5-6,8-9,12,14,21-22H,13H2,1-4H3. The van der Waals surface area contributed by atoms with Crippen LogP contribution < -0.4 is 0 Å². The molecule has 1 aliphatic rings. The Morgan fingerprint density at radius 3 is 2.59 bits per heavy atom. The lowest BCUT2D eigenvalue weighted by Crippen LogP contribution is -2.40. The second-order valence-corrected chi connectivity index (χ2v) is 6.23. The number of aliphatic hydroxyl groups is 2. The molecule has 0 saturated carbocycles. The van der Waals surface area contributed by atoms with Gasteiger partial charge in [0.15, 0.2) is 0 Å². The molecule has 0 aliphatic carbocycles. The molecule has 0 bridgehead atoms. The summed E-state index contributed by atoms with van der Waals surface area (Å²) in [6.45, 7) is 7.99. The minimum atomic E-state index is -0.943. The van der Waals surface area contributed by atoms with Crippen LogP contribution in [0.15, 0.2) is 47.4 Å². The van der Waals surface area contributed by atoms with Crippen molar-refractivity contribution in [1.29, 1.82) is 0 Å². The van der Waals surface area contributed by atoms with Gasteiger partial charge in [-0.15, -0.1) is 0 Å². The molecule has 22 heavy (non-hydrogen) atoms. The predicted octanol–water partition coefficient (Wildman–Crippen LogP) is 3.03. The van der Waals surface area contributed by atoms with Crippen LogP contribution in [0.25, 0.3) is 0 Å². The molecule has 1 aliphatic heterocycles. The van der Waals surface area contributed by atoms with E-state index < -0.39 is 5.60 Å². The monoisotopic (exact) mass is 296 g/mol. The first-order valence-electron chi connectivity index (χ1n) is 7.40. The average molecular weight is 296 g/mol. The summed E-state index contributed by atoms with van der Waals surface area (Å²) in [7, 11) is 0. The first kappa shape index (κ1) is 16.2. The minimum absolute atomic E-state index is 0.118. The summed E-state index contributed by atoms with van der Waals surface area (Å²) in [5.74, 6) is 6.19. The van der Waals surface area contributed by atoms with Crippen molar-refractivity contribution in [3.8, 4) is 11.8 Å². The number of aliphatic hydroxyl groups excluding tert-OH is 1. The third-order valence-corrected chi connectivity index (χ3v) is 3.63. The van der Waals surface area contributed by atoms with Crippen molar-refractivity contribution in [3.05, 3.63) is 59.0 Å². The molecule has 1 aromatic rings. The van der Waals surface area contributed by atoms with Gasteiger partial charge in [-0.1, -0.05) is 24.0 Å². The van der Waals surface area contributed by atoms with E-state index in [2.05, 4.69) is 17.9 Å². The van der Waals surface area contributed by atoms with Crippen LogP contribution in [0, 0.1) is 17.9 Å². The zero-order valence-electron chi connectivity index (χ0n) is 13.5. The largest absolute Gasteiger partial charge is 0.494 e. The molecule has 0 aromatic heterocycles. The lowest BCUT2D eigenvalue weighted by Gasteiger charge is -2.35. The second-order valence-electron chi connectivity index (χ2n) is 6.23. The number of nitrogens with zero attached hydrogens (tertiary/aromatic N) is 1. The molecule has 0 atom stereocenters. The Morgan fingerprint density at radius 1 is 1.32 bits per heavy atom. The van der Waals surface area contributed by atoms with Crippen molar-refractivity contribution in [2.24, 2.45) is 0 Å². The molecule has 115 valence electrons. The number of hydrogen-bond acceptors (Lipinski definition) is 3. The van der Waals surface area contributed by atoms with Gasteiger partial charge in [-0.3, -0.25) is 0 Å². The first-order chi connectivity index (χ1) is 10.3. The molecule has 1 aromatic carbocycles. The Balaban J connectivity index is 2.43. The Morgan fingerprint density at radius 2 is 2.05 bits per heavy atom. The van der Waals surface area contributed by atoms with Gasteiger partial charge in [-0.25, -0.2) is 0 Å². The van der Waals surface area contributed by atoms with Gasteiger partial charge in [0.1, 0.15) is 0 Å². The van der Waals surface area contributed by atoms with E-state index in [9.17, 15) is 10.2 Å². The molecule has 0 spiro atoms. The molecule has 1 radical (unpaired) electrons. The Kier molecular flexibility index (Phi) is 4.63. The Labute approximate surface area is 132 Å². The van der Waals surface area contributed by atoms with Gasteiger partial charge in [0.25, 0.3) is 0 Å². The Hall–Kier alpha value is -2.18. The van der Waals surface area contributed by atoms with Crippen LogP contribution in [0.2, 0.25) is 0 Å². The first-order valence-corrected chi connectivity index (χ1v) is 7.40. The van der Waals surface area contributed by atoms with Crippen LogP contribution in [0.4, 0.5) is 0 Å². The third-order valence-electron chi connectivity index (χ3n) is 3.63. The normalized spacial score (nSPS) is 15.5. The van der Waals surface area contributed by atoms with Gasteiger partial charge in [-0.05, 0) is 57.5 Å². The maximum Gasteiger partial charge on any atom is 0.203 e. The van der Waals surface area contributed by atoms with Crippen LogP contribution in [-0.4, -0.2) is 33.3 Å². The SMILES string of the molecule is CC(C)N1CC(C(C)(C)O)=CC(C#Cc2c[c]ccc2)=C1O. The zero-order valence-corrected chi connectivity index (χ0v) is 13.5. The maximum atomic E-state index is 10.4. The Bertz CT molecular complexity index is 652. The number of benzene rings is 1. The van der Waals surface area contributed by atoms with E-state index in [0.717, 1.165) is 11.1 Å². The highest BCUT2D eigenvalue weighted by atomic mass is 16.3. The maximum absolute atomic E-state index is 10.4. The molecular formula is C19H22NO2. The van der Waals surface area contributed by atoms with E-state index in [-0.39, 0.29) is 11.9 Å². The lowest BCUT2D eigenvalue weighted by molar-refractivity contribution is 0.0960. The number of hydrogen-bond donors (Lipinski definition) is 2. The average Bonchev–Trinajstić information content (AvgIpc) is 2.45. The van der Waals surface area contributed by atoms with Crippen molar-refractivity contribution in [3.63, 3.8) is 0 Å². The van der Waals surface area contributed by atoms with Gasteiger partial charge in [-0.2, -0.15) is 0 Å². The van der Waals surface area contributed by atoms with Gasteiger partial charge >= 0.3 is 0 Å². The van der Waals surface area contributed by atoms with E-state index >= 15 is 0 Å². The van der Waals surface area contributed by atoms with E-state index in [0.29, 0.717) is 12.1 Å². The van der Waals surface area contributed by atoms with Crippen LogP contribution in [0.3, 0.4) is 0 Å². The number of rotatable bonds is 2. The summed E-state index contributed by atoms with van der Waals surface area (Å²) in [5.41, 5.74) is 1.26. The van der Waals surface area contributed by atoms with Gasteiger partial charge in [0, 0.05) is 18.2 Å². The van der Waals surface area contributed by atoms with E-state index in [1.54, 1.807) is 26.0 Å². The summed E-state index contributed by atoms with van der Waals surface area (Å²) in [6, 6.07) is 10.5. The summed E-state index contributed by atoms with van der Waals surface area (Å²) in [4.78, 5) is 1.84. The molecule has 0 saturated heterocycles. The van der Waals surface area contributed by atoms with Crippen molar-refractivity contribution in [2.75, 3.05) is 6.54 Å². The van der Waals surface area contributed by atoms with E-state index in [1.807, 2.05) is 36.9 Å². The molecule has 1 heterocycles. The van der Waals surface area contributed by atoms with Crippen molar-refractivity contribution < 1.29 is 10.2 Å². The molecule has 3 heteroatoms. The lowest BCUT2D eigenvalue weighted by atomic mass is 9.92. The van der Waals surface area contributed by atoms with Crippen molar-refractivity contribution >= 4 is 0 Å². The highest BCUT2D eigenvalue weighted by molar-refractivity contribution is 5.49. The quantitative estimate of drug-likeness (QED) is 0.825. The fourth-order valence-electron chi connectivity index (χ4n) is 2.20. The van der Waals surface area contributed by atoms with Crippen LogP contribution in [-0.2, 0) is 0 Å². The predicted molar refractivity (Wildman–Crippen MR) is 88.0 cm³/mol. The molecule has 0 amide bonds. The fraction of sp³-hybridized carbons (Fsp3) is 0.368. The number of allylic oxidation sites excluding steroid dienone is 2. The van der Waals surface area contributed by atoms with E-state index in [1.165, 1.54) is 0 Å². The van der Waals surface area contributed by atoms with E-state index in [4.69, 9.17) is 0 Å². The van der Waals surface area contributed by atoms with Crippen LogP contribution >= 0.6 is 0 Å². The fourth-order valence-corrected chi connectivity index (χ4v) is 2.20. The second kappa shape index (κ2) is 6.29. The van der Waals surface area contributed by atoms with Gasteiger partial charge in [0.05, 0.1) is 11.2 Å². The molecule has 0 fully saturated rings. The topological polar surface area (TPSA) is 43.7 Å².